The predicted octanol–water partition coefficient (Wildman–Crippen LogP) is 6.85. The second-order valence-corrected chi connectivity index (χ2v) is 13.1. The number of rotatable bonds is 15. The van der Waals surface area contributed by atoms with Gasteiger partial charge in [-0.05, 0) is 51.4 Å². The summed E-state index contributed by atoms with van der Waals surface area (Å²) in [4.78, 5) is 19.8. The molecule has 4 nitrogen and oxygen atoms in total. The molecule has 0 N–H and O–H groups in total. The Labute approximate surface area is 227 Å². The average Bonchev–Trinajstić information content (AvgIpc) is 2.82. The van der Waals surface area contributed by atoms with Crippen LogP contribution in [0.15, 0.2) is 12.2 Å². The van der Waals surface area contributed by atoms with Crippen LogP contribution in [0.1, 0.15) is 137 Å². The van der Waals surface area contributed by atoms with Gasteiger partial charge in [0.05, 0.1) is 0 Å². The first-order valence-electron chi connectivity index (χ1n) is 13.9. The van der Waals surface area contributed by atoms with Gasteiger partial charge in [-0.3, -0.25) is 0 Å². The maximum atomic E-state index is 9.92. The molecule has 0 radical (unpaired) electrons. The van der Waals surface area contributed by atoms with E-state index < -0.39 is 11.9 Å². The van der Waals surface area contributed by atoms with Gasteiger partial charge < -0.3 is 19.8 Å². The molecule has 6 heteroatoms. The number of hydrogen-bond donors (Lipinski definition) is 0. The molecule has 0 spiro atoms. The van der Waals surface area contributed by atoms with Crippen LogP contribution in [0.5, 0.6) is 0 Å². The average molecular weight is 541 g/mol. The van der Waals surface area contributed by atoms with E-state index in [0.29, 0.717) is 0 Å². The first-order chi connectivity index (χ1) is 15.9. The first-order valence-corrected chi connectivity index (χ1v) is 16.4. The third kappa shape index (κ3) is 45.2. The fourth-order valence-corrected chi connectivity index (χ4v) is 5.10. The molecule has 0 aromatic rings. The van der Waals surface area contributed by atoms with Gasteiger partial charge in [0.1, 0.15) is 0 Å². The molecular weight excluding hydrogens is 486 g/mol. The molecule has 0 bridgehead atoms. The Balaban J connectivity index is -0.000000178. The van der Waals surface area contributed by atoms with Crippen molar-refractivity contribution in [2.75, 3.05) is 0 Å². The Hall–Kier alpha value is -0.294. The summed E-state index contributed by atoms with van der Waals surface area (Å²) < 4.78 is 0. The van der Waals surface area contributed by atoms with Crippen LogP contribution in [0.25, 0.3) is 0 Å². The van der Waals surface area contributed by atoms with Crippen molar-refractivity contribution in [2.45, 2.75) is 153 Å². The van der Waals surface area contributed by atoms with Crippen LogP contribution < -0.4 is 10.2 Å². The smallest absolute Gasteiger partial charge is 0.550 e. The monoisotopic (exact) mass is 540 g/mol. The molecule has 0 saturated carbocycles. The number of aliphatic carboxylic acids is 2. The van der Waals surface area contributed by atoms with E-state index in [9.17, 15) is 19.8 Å². The number of unbranched alkanes of at least 4 members (excludes halogenated alkanes) is 8. The molecule has 0 saturated heterocycles. The minimum Gasteiger partial charge on any atom is -0.550 e. The van der Waals surface area contributed by atoms with Crippen LogP contribution in [-0.2, 0) is 26.1 Å². The normalized spacial score (nSPS) is 11.3. The third-order valence-electron chi connectivity index (χ3n) is 5.86. The summed E-state index contributed by atoms with van der Waals surface area (Å²) in [6.07, 6.45) is 21.2. The number of carboxylic acids is 2. The Morgan fingerprint density at radius 3 is 1.12 bits per heavy atom. The minimum atomic E-state index is -0.920. The second-order valence-electron chi connectivity index (χ2n) is 8.92. The molecule has 0 aromatic carbocycles. The van der Waals surface area contributed by atoms with E-state index in [-0.39, 0.29) is 43.5 Å². The van der Waals surface area contributed by atoms with Crippen molar-refractivity contribution in [1.82, 2.24) is 0 Å². The fourth-order valence-electron chi connectivity index (χ4n) is 3.37. The summed E-state index contributed by atoms with van der Waals surface area (Å²) in [6, 6.07) is 0. The van der Waals surface area contributed by atoms with Gasteiger partial charge in [0.25, 0.3) is 14.1 Å². The van der Waals surface area contributed by atoms with Crippen molar-refractivity contribution in [2.24, 2.45) is 0 Å². The topological polar surface area (TPSA) is 80.3 Å². The number of carboxylic acid groups (broad SMARTS) is 2. The van der Waals surface area contributed by atoms with Gasteiger partial charge in [-0.25, -0.2) is 0 Å². The number of allylic oxidation sites excluding steroid dienone is 2. The molecule has 1 aliphatic rings. The largest absolute Gasteiger partial charge is 2.00 e. The van der Waals surface area contributed by atoms with E-state index in [2.05, 4.69) is 46.8 Å². The van der Waals surface area contributed by atoms with E-state index in [1.54, 1.807) is 0 Å². The predicted molar refractivity (Wildman–Crippen MR) is 142 cm³/mol. The molecule has 34 heavy (non-hydrogen) atoms. The van der Waals surface area contributed by atoms with Crippen molar-refractivity contribution in [3.63, 3.8) is 0 Å². The Bertz CT molecular complexity index is 389. The molecule has 1 rings (SSSR count). The van der Waals surface area contributed by atoms with Crippen LogP contribution in [-0.4, -0.2) is 26.1 Å². The number of hydrogen-bond acceptors (Lipinski definition) is 4. The van der Waals surface area contributed by atoms with E-state index in [0.717, 1.165) is 38.5 Å². The van der Waals surface area contributed by atoms with E-state index >= 15 is 0 Å². The van der Waals surface area contributed by atoms with Crippen molar-refractivity contribution in [1.29, 1.82) is 0 Å². The molecule has 0 atom stereocenters. The van der Waals surface area contributed by atoms with E-state index in [1.807, 2.05) is 0 Å². The molecule has 1 aliphatic carbocycles. The zero-order valence-corrected chi connectivity index (χ0v) is 25.3. The van der Waals surface area contributed by atoms with Crippen molar-refractivity contribution >= 4 is 26.1 Å². The molecule has 0 unspecified atom stereocenters. The quantitative estimate of drug-likeness (QED) is 0.129. The molecule has 0 amide bonds. The molecule has 0 aromatic heterocycles. The van der Waals surface area contributed by atoms with E-state index in [4.69, 9.17) is 0 Å². The number of carbonyl (C=O) groups excluding carboxylic acids is 2. The van der Waals surface area contributed by atoms with Gasteiger partial charge >= 0.3 is 16.5 Å². The van der Waals surface area contributed by atoms with Crippen LogP contribution in [0, 0.1) is 0 Å². The van der Waals surface area contributed by atoms with Crippen LogP contribution in [0.4, 0.5) is 0 Å². The molecule has 204 valence electrons. The van der Waals surface area contributed by atoms with Crippen molar-refractivity contribution < 1.29 is 36.3 Å². The van der Waals surface area contributed by atoms with Gasteiger partial charge in [0, 0.05) is 11.9 Å². The minimum absolute atomic E-state index is 0. The van der Waals surface area contributed by atoms with Crippen LogP contribution in [0.3, 0.4) is 0 Å². The summed E-state index contributed by atoms with van der Waals surface area (Å²) in [6.45, 7) is 11.2. The summed E-state index contributed by atoms with van der Waals surface area (Å²) in [5.41, 5.74) is 0. The van der Waals surface area contributed by atoms with Gasteiger partial charge in [-0.1, -0.05) is 114 Å². The third-order valence-corrected chi connectivity index (χ3v) is 9.32. The van der Waals surface area contributed by atoms with Gasteiger partial charge in [-0.2, -0.15) is 0 Å². The van der Waals surface area contributed by atoms with Crippen LogP contribution >= 0.6 is 0 Å². The molecular formula is C28H55AlNiO4. The van der Waals surface area contributed by atoms with Crippen molar-refractivity contribution in [3.8, 4) is 0 Å². The zero-order chi connectivity index (χ0) is 25.6. The fraction of sp³-hybridized carbons (Fsp3) is 0.857. The summed E-state index contributed by atoms with van der Waals surface area (Å²) in [5.74, 6) is -1.84. The number of carbonyl (C=O) groups is 2. The maximum absolute atomic E-state index is 9.92. The van der Waals surface area contributed by atoms with E-state index in [1.165, 1.54) is 67.2 Å². The van der Waals surface area contributed by atoms with Gasteiger partial charge in [-0.15, -0.1) is 0 Å². The molecule has 0 heterocycles. The molecule has 0 fully saturated rings. The Morgan fingerprint density at radius 2 is 0.941 bits per heavy atom. The van der Waals surface area contributed by atoms with Gasteiger partial charge in [0.2, 0.25) is 0 Å². The Kier molecular flexibility index (Phi) is 44.8. The standard InChI is InChI=1S/2C8H16O2.C6H10.3C2H5.Al.Ni/c2*1-2-3-4-5-6-7-8(9)10;1-2-4-6-5-3-1;3*1-2;;/h2*2-7H2,1H3,(H,9,10);1-2H,3-6H2;3*1H2,2H3;;/q;;;;;;;+2/p-2. The first kappa shape index (κ1) is 40.9. The maximum Gasteiger partial charge on any atom is 2.00 e. The summed E-state index contributed by atoms with van der Waals surface area (Å²) in [5, 5.41) is 24.3. The zero-order valence-electron chi connectivity index (χ0n) is 23.1. The molecule has 0 aliphatic heterocycles. The SMILES string of the molecule is C1=CCCCC1.CCCCCCCC(=O)[O-].CCCCCCCC(=O)[O-].C[CH2][Al]([CH2]C)[CH2]C.[Ni+2]. The second kappa shape index (κ2) is 37.3. The van der Waals surface area contributed by atoms with Gasteiger partial charge in [0.15, 0.2) is 0 Å². The van der Waals surface area contributed by atoms with Crippen molar-refractivity contribution in [3.05, 3.63) is 12.2 Å². The Morgan fingerprint density at radius 1 is 0.618 bits per heavy atom. The summed E-state index contributed by atoms with van der Waals surface area (Å²) in [7, 11) is 0. The van der Waals surface area contributed by atoms with Crippen LogP contribution in [0.2, 0.25) is 15.8 Å². The summed E-state index contributed by atoms with van der Waals surface area (Å²) >= 11 is -0.171.